The van der Waals surface area contributed by atoms with Gasteiger partial charge in [0.2, 0.25) is 0 Å². The first-order valence-electron chi connectivity index (χ1n) is 6.12. The lowest BCUT2D eigenvalue weighted by Crippen LogP contribution is -2.36. The van der Waals surface area contributed by atoms with Crippen LogP contribution in [0.3, 0.4) is 0 Å². The molecule has 0 spiro atoms. The van der Waals surface area contributed by atoms with E-state index in [2.05, 4.69) is 6.58 Å². The molecule has 0 saturated heterocycles. The molecular weight excluding hydrogens is 256 g/mol. The van der Waals surface area contributed by atoms with Crippen LogP contribution in [0, 0.1) is 0 Å². The Kier molecular flexibility index (Phi) is 3.84. The van der Waals surface area contributed by atoms with Crippen LogP contribution in [0.4, 0.5) is 0 Å². The van der Waals surface area contributed by atoms with Gasteiger partial charge in [0.15, 0.2) is 23.0 Å². The van der Waals surface area contributed by atoms with Gasteiger partial charge in [0.05, 0.1) is 0 Å². The number of ether oxygens (including phenoxy) is 2. The second-order valence-electron chi connectivity index (χ2n) is 4.36. The largest absolute Gasteiger partial charge is 0.504 e. The zero-order chi connectivity index (χ0) is 14.6. The molecule has 4 nitrogen and oxygen atoms in total. The van der Waals surface area contributed by atoms with E-state index in [0.29, 0.717) is 0 Å². The number of benzene rings is 2. The molecule has 2 aromatic carbocycles. The summed E-state index contributed by atoms with van der Waals surface area (Å²) in [5, 5.41) is 19.5. The average molecular weight is 272 g/mol. The molecule has 0 atom stereocenters. The molecule has 2 rings (SSSR count). The minimum atomic E-state index is -1.22. The van der Waals surface area contributed by atoms with Gasteiger partial charge in [-0.3, -0.25) is 0 Å². The van der Waals surface area contributed by atoms with Crippen LogP contribution in [0.5, 0.6) is 23.0 Å². The van der Waals surface area contributed by atoms with E-state index in [9.17, 15) is 10.2 Å². The molecular formula is C16H16O4. The number of para-hydroxylation sites is 4. The molecule has 0 heterocycles. The lowest BCUT2D eigenvalue weighted by Gasteiger charge is -2.28. The highest BCUT2D eigenvalue weighted by Crippen LogP contribution is 2.33. The molecule has 0 amide bonds. The summed E-state index contributed by atoms with van der Waals surface area (Å²) >= 11 is 0. The van der Waals surface area contributed by atoms with Gasteiger partial charge in [-0.15, -0.1) is 0 Å². The Balaban J connectivity index is 2.24. The molecule has 0 radical (unpaired) electrons. The molecule has 0 aliphatic rings. The van der Waals surface area contributed by atoms with Crippen LogP contribution >= 0.6 is 0 Å². The van der Waals surface area contributed by atoms with Gasteiger partial charge in [-0.1, -0.05) is 30.8 Å². The molecule has 2 aromatic rings. The van der Waals surface area contributed by atoms with Crippen LogP contribution in [-0.4, -0.2) is 16.0 Å². The minimum absolute atomic E-state index is 0.00135. The highest BCUT2D eigenvalue weighted by atomic mass is 16.7. The summed E-state index contributed by atoms with van der Waals surface area (Å²) < 4.78 is 11.3. The van der Waals surface area contributed by atoms with Gasteiger partial charge in [-0.25, -0.2) is 0 Å². The molecule has 2 N–H and O–H groups in total. The van der Waals surface area contributed by atoms with Crippen LogP contribution in [0.2, 0.25) is 0 Å². The van der Waals surface area contributed by atoms with Gasteiger partial charge in [-0.2, -0.15) is 0 Å². The number of phenolic OH excluding ortho intramolecular Hbond substituents is 2. The van der Waals surface area contributed by atoms with Crippen molar-refractivity contribution < 1.29 is 19.7 Å². The van der Waals surface area contributed by atoms with E-state index in [1.807, 2.05) is 0 Å². The standard InChI is InChI=1S/C16H16O4/c1-3-16(2,19-14-10-6-4-8-12(14)17)20-15-11-7-5-9-13(15)18/h3-11,17-18H,1H2,2H3. The molecule has 20 heavy (non-hydrogen) atoms. The van der Waals surface area contributed by atoms with Crippen LogP contribution in [0.25, 0.3) is 0 Å². The topological polar surface area (TPSA) is 58.9 Å². The van der Waals surface area contributed by atoms with Crippen molar-refractivity contribution in [1.29, 1.82) is 0 Å². The number of phenols is 2. The number of aromatic hydroxyl groups is 2. The molecule has 0 aromatic heterocycles. The molecule has 0 fully saturated rings. The Labute approximate surface area is 117 Å². The number of rotatable bonds is 5. The Hall–Kier alpha value is -2.62. The van der Waals surface area contributed by atoms with Crippen molar-refractivity contribution in [3.05, 3.63) is 61.2 Å². The van der Waals surface area contributed by atoms with Gasteiger partial charge in [0, 0.05) is 6.92 Å². The third-order valence-corrected chi connectivity index (χ3v) is 2.73. The number of hydrogen-bond donors (Lipinski definition) is 2. The van der Waals surface area contributed by atoms with Crippen molar-refractivity contribution in [2.75, 3.05) is 0 Å². The molecule has 0 bridgehead atoms. The minimum Gasteiger partial charge on any atom is -0.504 e. The predicted molar refractivity (Wildman–Crippen MR) is 76.1 cm³/mol. The van der Waals surface area contributed by atoms with E-state index in [-0.39, 0.29) is 23.0 Å². The fourth-order valence-electron chi connectivity index (χ4n) is 1.63. The quantitative estimate of drug-likeness (QED) is 0.646. The van der Waals surface area contributed by atoms with Crippen molar-refractivity contribution in [3.63, 3.8) is 0 Å². The highest BCUT2D eigenvalue weighted by molar-refractivity contribution is 5.40. The smallest absolute Gasteiger partial charge is 0.268 e. The fraction of sp³-hybridized carbons (Fsp3) is 0.125. The summed E-state index contributed by atoms with van der Waals surface area (Å²) in [5.74, 6) is -0.684. The van der Waals surface area contributed by atoms with Gasteiger partial charge in [-0.05, 0) is 30.3 Å². The first kappa shape index (κ1) is 13.8. The molecule has 4 heteroatoms. The first-order valence-corrected chi connectivity index (χ1v) is 6.12. The molecule has 0 aliphatic carbocycles. The second-order valence-corrected chi connectivity index (χ2v) is 4.36. The Morgan fingerprint density at radius 2 is 1.30 bits per heavy atom. The summed E-state index contributed by atoms with van der Waals surface area (Å²) in [5.41, 5.74) is 0. The molecule has 0 saturated carbocycles. The summed E-state index contributed by atoms with van der Waals surface area (Å²) in [6.07, 6.45) is 1.45. The summed E-state index contributed by atoms with van der Waals surface area (Å²) in [4.78, 5) is 0. The van der Waals surface area contributed by atoms with E-state index >= 15 is 0 Å². The third kappa shape index (κ3) is 3.03. The molecule has 0 aliphatic heterocycles. The lowest BCUT2D eigenvalue weighted by atomic mass is 10.2. The van der Waals surface area contributed by atoms with Gasteiger partial charge in [0.25, 0.3) is 5.79 Å². The zero-order valence-corrected chi connectivity index (χ0v) is 11.1. The summed E-state index contributed by atoms with van der Waals surface area (Å²) in [6.45, 7) is 5.31. The van der Waals surface area contributed by atoms with E-state index in [1.165, 1.54) is 18.2 Å². The van der Waals surface area contributed by atoms with Crippen molar-refractivity contribution in [1.82, 2.24) is 0 Å². The van der Waals surface area contributed by atoms with Crippen molar-refractivity contribution in [2.45, 2.75) is 12.7 Å². The van der Waals surface area contributed by atoms with E-state index in [4.69, 9.17) is 9.47 Å². The monoisotopic (exact) mass is 272 g/mol. The highest BCUT2D eigenvalue weighted by Gasteiger charge is 2.26. The Bertz CT molecular complexity index is 559. The second kappa shape index (κ2) is 5.57. The fourth-order valence-corrected chi connectivity index (χ4v) is 1.63. The maximum absolute atomic E-state index is 9.73. The SMILES string of the molecule is C=CC(C)(Oc1ccccc1O)Oc1ccccc1O. The predicted octanol–water partition coefficient (Wildman–Crippen LogP) is 3.46. The van der Waals surface area contributed by atoms with Crippen LogP contribution in [0.15, 0.2) is 61.2 Å². The maximum Gasteiger partial charge on any atom is 0.268 e. The van der Waals surface area contributed by atoms with Gasteiger partial charge >= 0.3 is 0 Å². The van der Waals surface area contributed by atoms with Crippen LogP contribution in [-0.2, 0) is 0 Å². The Morgan fingerprint density at radius 3 is 1.65 bits per heavy atom. The van der Waals surface area contributed by atoms with Crippen molar-refractivity contribution >= 4 is 0 Å². The van der Waals surface area contributed by atoms with Crippen molar-refractivity contribution in [2.24, 2.45) is 0 Å². The number of hydrogen-bond acceptors (Lipinski definition) is 4. The first-order chi connectivity index (χ1) is 9.54. The zero-order valence-electron chi connectivity index (χ0n) is 11.1. The summed E-state index contributed by atoms with van der Waals surface area (Å²) in [6, 6.07) is 13.1. The molecule has 104 valence electrons. The molecule has 0 unspecified atom stereocenters. The van der Waals surface area contributed by atoms with Gasteiger partial charge in [0.1, 0.15) is 0 Å². The van der Waals surface area contributed by atoms with E-state index < -0.39 is 5.79 Å². The normalized spacial score (nSPS) is 10.8. The maximum atomic E-state index is 9.73. The van der Waals surface area contributed by atoms with Crippen LogP contribution < -0.4 is 9.47 Å². The average Bonchev–Trinajstić information content (AvgIpc) is 2.44. The third-order valence-electron chi connectivity index (χ3n) is 2.73. The van der Waals surface area contributed by atoms with Crippen molar-refractivity contribution in [3.8, 4) is 23.0 Å². The Morgan fingerprint density at radius 1 is 0.900 bits per heavy atom. The van der Waals surface area contributed by atoms with E-state index in [0.717, 1.165) is 0 Å². The van der Waals surface area contributed by atoms with Crippen LogP contribution in [0.1, 0.15) is 6.92 Å². The summed E-state index contributed by atoms with van der Waals surface area (Å²) in [7, 11) is 0. The lowest BCUT2D eigenvalue weighted by molar-refractivity contribution is -0.0566. The van der Waals surface area contributed by atoms with E-state index in [1.54, 1.807) is 43.3 Å². The van der Waals surface area contributed by atoms with Gasteiger partial charge < -0.3 is 19.7 Å².